The van der Waals surface area contributed by atoms with Gasteiger partial charge in [0.1, 0.15) is 0 Å². The number of carboxylic acids is 1. The van der Waals surface area contributed by atoms with E-state index in [-0.39, 0.29) is 0 Å². The van der Waals surface area contributed by atoms with E-state index >= 15 is 0 Å². The second kappa shape index (κ2) is 12.9. The van der Waals surface area contributed by atoms with Crippen molar-refractivity contribution in [2.45, 2.75) is 58.0 Å². The van der Waals surface area contributed by atoms with Gasteiger partial charge >= 0.3 is 37.8 Å². The molecule has 2 atom stereocenters. The second-order valence-electron chi connectivity index (χ2n) is 7.85. The van der Waals surface area contributed by atoms with Crippen molar-refractivity contribution in [1.82, 2.24) is 0 Å². The highest BCUT2D eigenvalue weighted by atomic mass is 19.4. The zero-order valence-electron chi connectivity index (χ0n) is 20.1. The average Bonchev–Trinajstić information content (AvgIpc) is 2.73. The van der Waals surface area contributed by atoms with Crippen molar-refractivity contribution in [3.8, 4) is 28.7 Å². The molecule has 0 radical (unpaired) electrons. The van der Waals surface area contributed by atoms with Gasteiger partial charge in [0, 0.05) is 12.1 Å². The molecular weight excluding hydrogens is 639 g/mol. The maximum Gasteiger partial charge on any atom is 0.573 e. The van der Waals surface area contributed by atoms with Crippen LogP contribution in [0, 0.1) is 11.8 Å². The first kappa shape index (κ1) is 36.6. The van der Waals surface area contributed by atoms with Gasteiger partial charge in [0.25, 0.3) is 0 Å². The molecule has 244 valence electrons. The van der Waals surface area contributed by atoms with Gasteiger partial charge in [-0.05, 0) is 18.8 Å². The van der Waals surface area contributed by atoms with Crippen LogP contribution < -0.4 is 29.4 Å². The van der Waals surface area contributed by atoms with Crippen LogP contribution in [-0.2, 0) is 11.2 Å². The summed E-state index contributed by atoms with van der Waals surface area (Å²) in [5, 5.41) is 9.15. The molecule has 42 heavy (non-hydrogen) atoms. The molecule has 1 aromatic rings. The van der Waals surface area contributed by atoms with E-state index in [1.54, 1.807) is 0 Å². The van der Waals surface area contributed by atoms with Crippen LogP contribution in [0.1, 0.15) is 25.3 Å². The molecule has 0 aliphatic rings. The van der Waals surface area contributed by atoms with Crippen LogP contribution >= 0.6 is 0 Å². The summed E-state index contributed by atoms with van der Waals surface area (Å²) in [6.45, 7) is 0.392. The molecule has 0 aromatic heterocycles. The Hall–Kier alpha value is -3.40. The molecule has 0 spiro atoms. The molecule has 0 saturated carbocycles. The number of hydrogen-bond donors (Lipinski definition) is 2. The highest BCUT2D eigenvalue weighted by Gasteiger charge is 2.49. The first-order valence-electron chi connectivity index (χ1n) is 10.6. The zero-order valence-corrected chi connectivity index (χ0v) is 20.1. The van der Waals surface area contributed by atoms with Gasteiger partial charge in [-0.1, -0.05) is 13.3 Å². The van der Waals surface area contributed by atoms with Gasteiger partial charge in [0.15, 0.2) is 11.5 Å². The van der Waals surface area contributed by atoms with Gasteiger partial charge in [-0.2, -0.15) is 0 Å². The lowest BCUT2D eigenvalue weighted by molar-refractivity contribution is -0.300. The minimum atomic E-state index is -6.40. The molecule has 0 fully saturated rings. The SMILES string of the molecule is CCC(Cc1c(OC(F)(F)F)c(OC(F)(F)F)c(OC(F)(F)F)c(OC(F)(F)F)c1OC(F)(F)F)CC(CN)C(=O)O. The smallest absolute Gasteiger partial charge is 0.481 e. The lowest BCUT2D eigenvalue weighted by Crippen LogP contribution is -2.29. The van der Waals surface area contributed by atoms with Crippen LogP contribution in [0.5, 0.6) is 28.7 Å². The van der Waals surface area contributed by atoms with E-state index in [1.807, 2.05) is 0 Å². The zero-order chi connectivity index (χ0) is 33.1. The summed E-state index contributed by atoms with van der Waals surface area (Å²) in [5.74, 6) is -19.4. The summed E-state index contributed by atoms with van der Waals surface area (Å²) < 4.78 is 213. The van der Waals surface area contributed by atoms with E-state index in [1.165, 1.54) is 0 Å². The molecule has 0 heterocycles. The number of rotatable bonds is 12. The van der Waals surface area contributed by atoms with Gasteiger partial charge in [-0.3, -0.25) is 4.79 Å². The van der Waals surface area contributed by atoms with Gasteiger partial charge in [0.05, 0.1) is 5.92 Å². The van der Waals surface area contributed by atoms with Crippen LogP contribution in [0.3, 0.4) is 0 Å². The number of benzene rings is 1. The van der Waals surface area contributed by atoms with E-state index in [9.17, 15) is 70.7 Å². The molecular formula is C19H16F15NO7. The van der Waals surface area contributed by atoms with Crippen LogP contribution in [0.25, 0.3) is 0 Å². The van der Waals surface area contributed by atoms with E-state index in [0.29, 0.717) is 0 Å². The summed E-state index contributed by atoms with van der Waals surface area (Å²) >= 11 is 0. The van der Waals surface area contributed by atoms with Crippen LogP contribution in [-0.4, -0.2) is 49.4 Å². The van der Waals surface area contributed by atoms with Gasteiger partial charge < -0.3 is 34.5 Å². The van der Waals surface area contributed by atoms with E-state index in [2.05, 4.69) is 23.7 Å². The molecule has 0 amide bonds. The Labute approximate surface area is 223 Å². The molecule has 1 aromatic carbocycles. The number of aliphatic carboxylic acids is 1. The number of nitrogens with two attached hydrogens (primary N) is 1. The van der Waals surface area contributed by atoms with Crippen molar-refractivity contribution in [1.29, 1.82) is 0 Å². The fraction of sp³-hybridized carbons (Fsp3) is 0.632. The van der Waals surface area contributed by atoms with Gasteiger partial charge in [0.2, 0.25) is 17.2 Å². The highest BCUT2D eigenvalue weighted by Crippen LogP contribution is 2.59. The topological polar surface area (TPSA) is 109 Å². The van der Waals surface area contributed by atoms with Crippen molar-refractivity contribution in [3.05, 3.63) is 5.56 Å². The Morgan fingerprint density at radius 1 is 0.643 bits per heavy atom. The average molecular weight is 655 g/mol. The lowest BCUT2D eigenvalue weighted by atomic mass is 9.86. The Kier molecular flexibility index (Phi) is 11.2. The third-order valence-electron chi connectivity index (χ3n) is 4.78. The second-order valence-corrected chi connectivity index (χ2v) is 7.85. The van der Waals surface area contributed by atoms with Crippen molar-refractivity contribution in [3.63, 3.8) is 0 Å². The first-order valence-corrected chi connectivity index (χ1v) is 10.6. The maximum absolute atomic E-state index is 13.2. The fourth-order valence-electron chi connectivity index (χ4n) is 3.33. The molecule has 2 unspecified atom stereocenters. The molecule has 0 saturated heterocycles. The number of halogens is 15. The minimum absolute atomic E-state index is 0.452. The number of carbonyl (C=O) groups is 1. The molecule has 0 aliphatic heterocycles. The largest absolute Gasteiger partial charge is 0.573 e. The predicted octanol–water partition coefficient (Wildman–Crippen LogP) is 6.80. The Morgan fingerprint density at radius 2 is 0.929 bits per heavy atom. The van der Waals surface area contributed by atoms with Crippen LogP contribution in [0.2, 0.25) is 0 Å². The summed E-state index contributed by atoms with van der Waals surface area (Å²) in [7, 11) is 0. The van der Waals surface area contributed by atoms with Crippen molar-refractivity contribution < 1.29 is 99.4 Å². The maximum atomic E-state index is 13.2. The number of carboxylic acid groups (broad SMARTS) is 1. The Morgan fingerprint density at radius 3 is 1.17 bits per heavy atom. The molecule has 0 aliphatic carbocycles. The lowest BCUT2D eigenvalue weighted by Gasteiger charge is -2.28. The number of alkyl halides is 15. The van der Waals surface area contributed by atoms with Crippen molar-refractivity contribution in [2.75, 3.05) is 6.54 Å². The van der Waals surface area contributed by atoms with Crippen molar-refractivity contribution in [2.24, 2.45) is 17.6 Å². The normalized spacial score (nSPS) is 14.7. The van der Waals surface area contributed by atoms with Crippen molar-refractivity contribution >= 4 is 5.97 Å². The van der Waals surface area contributed by atoms with Crippen LogP contribution in [0.15, 0.2) is 0 Å². The molecule has 3 N–H and O–H groups in total. The first-order chi connectivity index (χ1) is 18.7. The molecule has 1 rings (SSSR count). The highest BCUT2D eigenvalue weighted by molar-refractivity contribution is 5.71. The van der Waals surface area contributed by atoms with E-state index in [4.69, 9.17) is 10.8 Å². The van der Waals surface area contributed by atoms with Gasteiger partial charge in [-0.15, -0.1) is 65.9 Å². The van der Waals surface area contributed by atoms with Crippen LogP contribution in [0.4, 0.5) is 65.9 Å². The monoisotopic (exact) mass is 655 g/mol. The standard InChI is InChI=1S/C19H16F15NO7/c1-2-6(3-7(5-35)14(36)37)4-8-9(38-15(20,21)22)11(40-17(26,27)28)13(42-19(32,33)34)12(41-18(29,30)31)10(8)39-16(23,24)25/h6-7H,2-5,35H2,1H3,(H,36,37). The fourth-order valence-corrected chi connectivity index (χ4v) is 3.33. The van der Waals surface area contributed by atoms with E-state index < -0.39 is 110 Å². The summed E-state index contributed by atoms with van der Waals surface area (Å²) in [5.41, 5.74) is 3.17. The summed E-state index contributed by atoms with van der Waals surface area (Å²) in [4.78, 5) is 11.3. The van der Waals surface area contributed by atoms with E-state index in [0.717, 1.165) is 6.92 Å². The summed E-state index contributed by atoms with van der Waals surface area (Å²) in [6.07, 6.45) is -34.4. The number of hydrogen-bond acceptors (Lipinski definition) is 7. The molecule has 0 bridgehead atoms. The Balaban J connectivity index is 4.43. The molecule has 8 nitrogen and oxygen atoms in total. The minimum Gasteiger partial charge on any atom is -0.481 e. The van der Waals surface area contributed by atoms with Gasteiger partial charge in [-0.25, -0.2) is 0 Å². The third-order valence-corrected chi connectivity index (χ3v) is 4.78. The third kappa shape index (κ3) is 12.2. The predicted molar refractivity (Wildman–Crippen MR) is 102 cm³/mol. The summed E-state index contributed by atoms with van der Waals surface area (Å²) in [6, 6.07) is 0. The molecule has 23 heteroatoms. The Bertz CT molecular complexity index is 1020. The quantitative estimate of drug-likeness (QED) is 0.237. The number of ether oxygens (including phenoxy) is 5.